The average molecular weight is 423 g/mol. The van der Waals surface area contributed by atoms with E-state index in [2.05, 4.69) is 10.6 Å². The first kappa shape index (κ1) is 22.0. The molecule has 3 amide bonds. The van der Waals surface area contributed by atoms with E-state index in [1.807, 2.05) is 13.0 Å². The van der Waals surface area contributed by atoms with Crippen LogP contribution < -0.4 is 15.5 Å². The molecule has 0 aliphatic carbocycles. The van der Waals surface area contributed by atoms with E-state index in [9.17, 15) is 19.2 Å². The van der Waals surface area contributed by atoms with Gasteiger partial charge in [0.1, 0.15) is 6.04 Å². The largest absolute Gasteiger partial charge is 0.454 e. The quantitative estimate of drug-likeness (QED) is 0.719. The van der Waals surface area contributed by atoms with E-state index in [1.54, 1.807) is 49.4 Å². The van der Waals surface area contributed by atoms with Gasteiger partial charge in [-0.3, -0.25) is 14.4 Å². The lowest BCUT2D eigenvalue weighted by molar-refractivity contribution is -0.149. The molecule has 2 aromatic rings. The van der Waals surface area contributed by atoms with Gasteiger partial charge in [-0.15, -0.1) is 0 Å². The number of para-hydroxylation sites is 2. The van der Waals surface area contributed by atoms with Crippen LogP contribution in [0, 0.1) is 6.92 Å². The number of rotatable bonds is 5. The van der Waals surface area contributed by atoms with Crippen molar-refractivity contribution < 1.29 is 23.9 Å². The van der Waals surface area contributed by atoms with Gasteiger partial charge >= 0.3 is 5.97 Å². The fraction of sp³-hybridized carbons (Fsp3) is 0.304. The Morgan fingerprint density at radius 2 is 1.94 bits per heavy atom. The lowest BCUT2D eigenvalue weighted by Crippen LogP contribution is -2.44. The summed E-state index contributed by atoms with van der Waals surface area (Å²) in [6.45, 7) is 4.61. The van der Waals surface area contributed by atoms with Crippen molar-refractivity contribution in [2.75, 3.05) is 16.8 Å². The number of carbonyl (C=O) groups excluding carboxylic acids is 4. The number of amides is 3. The van der Waals surface area contributed by atoms with Crippen LogP contribution in [0.5, 0.6) is 0 Å². The second-order valence-corrected chi connectivity index (χ2v) is 7.55. The standard InChI is InChI=1S/C23H25N3O5/c1-14-7-6-8-17(11-14)22(29)24-16(3)23(30)31-13-21(28)26-15(2)12-20(27)25-18-9-4-5-10-19(18)26/h4-11,15-16H,12-13H2,1-3H3,(H,24,29)(H,25,27)/t15-,16-/m0/s1. The Morgan fingerprint density at radius 3 is 2.68 bits per heavy atom. The number of hydrogen-bond acceptors (Lipinski definition) is 5. The molecule has 31 heavy (non-hydrogen) atoms. The molecule has 0 saturated carbocycles. The molecule has 1 heterocycles. The second kappa shape index (κ2) is 9.42. The van der Waals surface area contributed by atoms with Gasteiger partial charge < -0.3 is 20.3 Å². The number of nitrogens with one attached hydrogen (secondary N) is 2. The summed E-state index contributed by atoms with van der Waals surface area (Å²) in [5.74, 6) is -1.78. The molecular formula is C23H25N3O5. The fourth-order valence-electron chi connectivity index (χ4n) is 3.42. The van der Waals surface area contributed by atoms with Gasteiger partial charge in [-0.2, -0.15) is 0 Å². The highest BCUT2D eigenvalue weighted by atomic mass is 16.5. The van der Waals surface area contributed by atoms with Gasteiger partial charge in [0.25, 0.3) is 11.8 Å². The van der Waals surface area contributed by atoms with Crippen molar-refractivity contribution in [3.8, 4) is 0 Å². The zero-order valence-electron chi connectivity index (χ0n) is 17.7. The second-order valence-electron chi connectivity index (χ2n) is 7.55. The van der Waals surface area contributed by atoms with Gasteiger partial charge in [0.15, 0.2) is 6.61 Å². The van der Waals surface area contributed by atoms with E-state index in [1.165, 1.54) is 11.8 Å². The number of hydrogen-bond donors (Lipinski definition) is 2. The van der Waals surface area contributed by atoms with Crippen molar-refractivity contribution in [3.05, 3.63) is 59.7 Å². The molecule has 2 N–H and O–H groups in total. The van der Waals surface area contributed by atoms with Crippen LogP contribution in [0.1, 0.15) is 36.2 Å². The maximum Gasteiger partial charge on any atom is 0.328 e. The summed E-state index contributed by atoms with van der Waals surface area (Å²) in [5.41, 5.74) is 2.43. The predicted molar refractivity (Wildman–Crippen MR) is 116 cm³/mol. The first-order valence-electron chi connectivity index (χ1n) is 10.0. The predicted octanol–water partition coefficient (Wildman–Crippen LogP) is 2.42. The normalized spacial score (nSPS) is 16.4. The summed E-state index contributed by atoms with van der Waals surface area (Å²) in [6.07, 6.45) is 0.122. The first-order valence-corrected chi connectivity index (χ1v) is 10.0. The van der Waals surface area contributed by atoms with E-state index in [0.29, 0.717) is 16.9 Å². The molecule has 0 saturated heterocycles. The summed E-state index contributed by atoms with van der Waals surface area (Å²) in [4.78, 5) is 51.0. The number of nitrogens with zero attached hydrogens (tertiary/aromatic N) is 1. The smallest absolute Gasteiger partial charge is 0.328 e. The number of ether oxygens (including phenoxy) is 1. The van der Waals surface area contributed by atoms with Crippen molar-refractivity contribution in [2.45, 2.75) is 39.3 Å². The van der Waals surface area contributed by atoms with Crippen LogP contribution in [0.2, 0.25) is 0 Å². The monoisotopic (exact) mass is 423 g/mol. The third kappa shape index (κ3) is 5.28. The van der Waals surface area contributed by atoms with Crippen molar-refractivity contribution in [2.24, 2.45) is 0 Å². The summed E-state index contributed by atoms with van der Waals surface area (Å²) < 4.78 is 5.16. The highest BCUT2D eigenvalue weighted by Crippen LogP contribution is 2.31. The SMILES string of the molecule is Cc1cccc(C(=O)N[C@@H](C)C(=O)OCC(=O)N2c3ccccc3NC(=O)C[C@@H]2C)c1. The van der Waals surface area contributed by atoms with Crippen LogP contribution in [-0.4, -0.2) is 42.4 Å². The minimum absolute atomic E-state index is 0.122. The Kier molecular flexibility index (Phi) is 6.69. The molecule has 2 aromatic carbocycles. The van der Waals surface area contributed by atoms with Crippen molar-refractivity contribution in [1.29, 1.82) is 0 Å². The van der Waals surface area contributed by atoms with Crippen LogP contribution in [0.4, 0.5) is 11.4 Å². The molecule has 3 rings (SSSR count). The lowest BCUT2D eigenvalue weighted by Gasteiger charge is -2.27. The maximum absolute atomic E-state index is 12.9. The highest BCUT2D eigenvalue weighted by molar-refractivity contribution is 6.05. The van der Waals surface area contributed by atoms with Crippen LogP contribution in [0.3, 0.4) is 0 Å². The number of benzene rings is 2. The molecule has 0 unspecified atom stereocenters. The minimum atomic E-state index is -0.932. The molecular weight excluding hydrogens is 398 g/mol. The Balaban J connectivity index is 1.62. The molecule has 0 aromatic heterocycles. The van der Waals surface area contributed by atoms with Crippen LogP contribution in [-0.2, 0) is 19.1 Å². The minimum Gasteiger partial charge on any atom is -0.454 e. The van der Waals surface area contributed by atoms with E-state index in [0.717, 1.165) is 5.56 Å². The van der Waals surface area contributed by atoms with Crippen LogP contribution >= 0.6 is 0 Å². The highest BCUT2D eigenvalue weighted by Gasteiger charge is 2.30. The molecule has 1 aliphatic heterocycles. The third-order valence-electron chi connectivity index (χ3n) is 4.95. The van der Waals surface area contributed by atoms with Gasteiger partial charge in [-0.1, -0.05) is 29.8 Å². The maximum atomic E-state index is 12.9. The number of fused-ring (bicyclic) bond motifs is 1. The number of esters is 1. The molecule has 0 fully saturated rings. The Hall–Kier alpha value is -3.68. The summed E-state index contributed by atoms with van der Waals surface area (Å²) in [7, 11) is 0. The summed E-state index contributed by atoms with van der Waals surface area (Å²) >= 11 is 0. The van der Waals surface area contributed by atoms with Gasteiger partial charge in [0, 0.05) is 18.0 Å². The Morgan fingerprint density at radius 1 is 1.19 bits per heavy atom. The van der Waals surface area contributed by atoms with Gasteiger partial charge in [-0.05, 0) is 45.0 Å². The Labute approximate surface area is 180 Å². The van der Waals surface area contributed by atoms with E-state index < -0.39 is 36.5 Å². The molecule has 2 atom stereocenters. The van der Waals surface area contributed by atoms with E-state index in [-0.39, 0.29) is 12.3 Å². The average Bonchev–Trinajstić information content (AvgIpc) is 2.85. The molecule has 0 bridgehead atoms. The molecule has 0 spiro atoms. The van der Waals surface area contributed by atoms with Crippen molar-refractivity contribution >= 4 is 35.1 Å². The zero-order chi connectivity index (χ0) is 22.5. The van der Waals surface area contributed by atoms with Gasteiger partial charge in [-0.25, -0.2) is 4.79 Å². The topological polar surface area (TPSA) is 105 Å². The lowest BCUT2D eigenvalue weighted by atomic mass is 10.1. The number of anilines is 2. The van der Waals surface area contributed by atoms with Gasteiger partial charge in [0.2, 0.25) is 5.91 Å². The zero-order valence-corrected chi connectivity index (χ0v) is 17.7. The first-order chi connectivity index (χ1) is 14.8. The number of carbonyl (C=O) groups is 4. The van der Waals surface area contributed by atoms with Crippen LogP contribution in [0.25, 0.3) is 0 Å². The Bertz CT molecular complexity index is 1020. The van der Waals surface area contributed by atoms with Crippen molar-refractivity contribution in [1.82, 2.24) is 5.32 Å². The number of aryl methyl sites for hydroxylation is 1. The summed E-state index contributed by atoms with van der Waals surface area (Å²) in [5, 5.41) is 5.35. The van der Waals surface area contributed by atoms with Gasteiger partial charge in [0.05, 0.1) is 11.4 Å². The molecule has 8 nitrogen and oxygen atoms in total. The summed E-state index contributed by atoms with van der Waals surface area (Å²) in [6, 6.07) is 12.6. The molecule has 8 heteroatoms. The molecule has 0 radical (unpaired) electrons. The van der Waals surface area contributed by atoms with Crippen molar-refractivity contribution in [3.63, 3.8) is 0 Å². The fourth-order valence-corrected chi connectivity index (χ4v) is 3.42. The molecule has 1 aliphatic rings. The third-order valence-corrected chi connectivity index (χ3v) is 4.95. The molecule has 162 valence electrons. The van der Waals surface area contributed by atoms with Crippen LogP contribution in [0.15, 0.2) is 48.5 Å². The van der Waals surface area contributed by atoms with E-state index >= 15 is 0 Å². The van der Waals surface area contributed by atoms with E-state index in [4.69, 9.17) is 4.74 Å².